The Morgan fingerprint density at radius 1 is 1.64 bits per heavy atom. The van der Waals surface area contributed by atoms with E-state index in [0.29, 0.717) is 6.42 Å². The number of methoxy groups -OCH3 is 1. The minimum atomic E-state index is -1.01. The monoisotopic (exact) mass is 162 g/mol. The van der Waals surface area contributed by atoms with Crippen LogP contribution in [-0.4, -0.2) is 25.2 Å². The standard InChI is InChI=1S/C6H14N2O3/c1-6(7,3-4-11-8)5(9)10-2/h3-4,7-8H2,1-2H3/t6-/m0/s1. The van der Waals surface area contributed by atoms with Crippen LogP contribution in [0.1, 0.15) is 13.3 Å². The van der Waals surface area contributed by atoms with Gasteiger partial charge in [-0.05, 0) is 6.92 Å². The van der Waals surface area contributed by atoms with E-state index in [0.717, 1.165) is 0 Å². The first-order chi connectivity index (χ1) is 5.04. The van der Waals surface area contributed by atoms with E-state index < -0.39 is 11.5 Å². The first-order valence-electron chi connectivity index (χ1n) is 3.23. The number of ether oxygens (including phenoxy) is 1. The smallest absolute Gasteiger partial charge is 0.325 e. The molecule has 0 unspecified atom stereocenters. The van der Waals surface area contributed by atoms with Crippen LogP contribution >= 0.6 is 0 Å². The highest BCUT2D eigenvalue weighted by atomic mass is 16.6. The lowest BCUT2D eigenvalue weighted by Crippen LogP contribution is -2.46. The molecule has 0 aliphatic carbocycles. The fourth-order valence-electron chi connectivity index (χ4n) is 0.606. The van der Waals surface area contributed by atoms with Gasteiger partial charge in [0.2, 0.25) is 0 Å². The largest absolute Gasteiger partial charge is 0.468 e. The van der Waals surface area contributed by atoms with E-state index in [9.17, 15) is 4.79 Å². The van der Waals surface area contributed by atoms with Gasteiger partial charge in [-0.3, -0.25) is 4.79 Å². The molecule has 0 aliphatic rings. The lowest BCUT2D eigenvalue weighted by Gasteiger charge is -2.20. The third-order valence-corrected chi connectivity index (χ3v) is 1.39. The molecule has 0 radical (unpaired) electrons. The van der Waals surface area contributed by atoms with Gasteiger partial charge >= 0.3 is 5.97 Å². The molecule has 0 saturated heterocycles. The summed E-state index contributed by atoms with van der Waals surface area (Å²) in [6.45, 7) is 1.81. The first-order valence-corrected chi connectivity index (χ1v) is 3.23. The maximum atomic E-state index is 10.9. The van der Waals surface area contributed by atoms with E-state index in [2.05, 4.69) is 9.57 Å². The lowest BCUT2D eigenvalue weighted by atomic mass is 10.0. The molecule has 0 aromatic heterocycles. The van der Waals surface area contributed by atoms with Crippen molar-refractivity contribution in [2.75, 3.05) is 13.7 Å². The molecular formula is C6H14N2O3. The van der Waals surface area contributed by atoms with Gasteiger partial charge in [0.05, 0.1) is 13.7 Å². The molecule has 0 aromatic carbocycles. The van der Waals surface area contributed by atoms with E-state index in [-0.39, 0.29) is 6.61 Å². The number of carbonyl (C=O) groups is 1. The number of esters is 1. The van der Waals surface area contributed by atoms with Crippen molar-refractivity contribution in [1.82, 2.24) is 0 Å². The summed E-state index contributed by atoms with van der Waals surface area (Å²) < 4.78 is 4.45. The summed E-state index contributed by atoms with van der Waals surface area (Å²) in [5, 5.41) is 0. The highest BCUT2D eigenvalue weighted by Crippen LogP contribution is 2.06. The molecule has 5 heteroatoms. The Labute approximate surface area is 65.6 Å². The van der Waals surface area contributed by atoms with Crippen molar-refractivity contribution in [3.05, 3.63) is 0 Å². The Kier molecular flexibility index (Phi) is 4.02. The van der Waals surface area contributed by atoms with Crippen LogP contribution in [-0.2, 0) is 14.4 Å². The molecule has 1 atom stereocenters. The quantitative estimate of drug-likeness (QED) is 0.415. The van der Waals surface area contributed by atoms with Crippen molar-refractivity contribution in [2.24, 2.45) is 11.6 Å². The van der Waals surface area contributed by atoms with Crippen LogP contribution in [0, 0.1) is 0 Å². The Hall–Kier alpha value is -0.650. The van der Waals surface area contributed by atoms with E-state index >= 15 is 0 Å². The Balaban J connectivity index is 3.88. The molecule has 0 rings (SSSR count). The molecule has 0 saturated carbocycles. The fraction of sp³-hybridized carbons (Fsp3) is 0.833. The van der Waals surface area contributed by atoms with E-state index in [1.54, 1.807) is 6.92 Å². The summed E-state index contributed by atoms with van der Waals surface area (Å²) in [7, 11) is 1.29. The summed E-state index contributed by atoms with van der Waals surface area (Å²) in [6.07, 6.45) is 0.343. The predicted molar refractivity (Wildman–Crippen MR) is 39.4 cm³/mol. The molecule has 66 valence electrons. The van der Waals surface area contributed by atoms with Gasteiger partial charge in [-0.15, -0.1) is 0 Å². The van der Waals surface area contributed by atoms with Gasteiger partial charge in [-0.1, -0.05) is 0 Å². The van der Waals surface area contributed by atoms with Crippen LogP contribution < -0.4 is 11.6 Å². The van der Waals surface area contributed by atoms with Crippen LogP contribution in [0.3, 0.4) is 0 Å². The zero-order chi connectivity index (χ0) is 8.91. The Bertz CT molecular complexity index is 136. The van der Waals surface area contributed by atoms with Crippen LogP contribution in [0.5, 0.6) is 0 Å². The maximum Gasteiger partial charge on any atom is 0.325 e. The van der Waals surface area contributed by atoms with E-state index in [1.165, 1.54) is 7.11 Å². The number of nitrogens with two attached hydrogens (primary N) is 2. The molecular weight excluding hydrogens is 148 g/mol. The SMILES string of the molecule is COC(=O)[C@@](C)(N)CCON. The Morgan fingerprint density at radius 3 is 2.55 bits per heavy atom. The summed E-state index contributed by atoms with van der Waals surface area (Å²) in [5.41, 5.74) is 4.54. The van der Waals surface area contributed by atoms with Crippen molar-refractivity contribution in [3.8, 4) is 0 Å². The highest BCUT2D eigenvalue weighted by Gasteiger charge is 2.28. The second kappa shape index (κ2) is 4.27. The minimum Gasteiger partial charge on any atom is -0.468 e. The number of hydrogen-bond donors (Lipinski definition) is 2. The van der Waals surface area contributed by atoms with Crippen molar-refractivity contribution >= 4 is 5.97 Å². The second-order valence-electron chi connectivity index (χ2n) is 2.53. The van der Waals surface area contributed by atoms with Gasteiger partial charge in [-0.25, -0.2) is 5.90 Å². The van der Waals surface area contributed by atoms with Crippen LogP contribution in [0.25, 0.3) is 0 Å². The molecule has 4 N–H and O–H groups in total. The van der Waals surface area contributed by atoms with Crippen LogP contribution in [0.15, 0.2) is 0 Å². The van der Waals surface area contributed by atoms with Crippen molar-refractivity contribution in [3.63, 3.8) is 0 Å². The molecule has 11 heavy (non-hydrogen) atoms. The average Bonchev–Trinajstić information content (AvgIpc) is 1.99. The van der Waals surface area contributed by atoms with E-state index in [4.69, 9.17) is 11.6 Å². The van der Waals surface area contributed by atoms with Crippen molar-refractivity contribution in [2.45, 2.75) is 18.9 Å². The molecule has 0 heterocycles. The normalized spacial score (nSPS) is 15.6. The van der Waals surface area contributed by atoms with Gasteiger partial charge in [0, 0.05) is 6.42 Å². The molecule has 0 spiro atoms. The lowest BCUT2D eigenvalue weighted by molar-refractivity contribution is -0.147. The van der Waals surface area contributed by atoms with Gasteiger partial charge < -0.3 is 15.3 Å². The summed E-state index contributed by atoms with van der Waals surface area (Å²) in [5.74, 6) is 4.31. The van der Waals surface area contributed by atoms with Crippen LogP contribution in [0.4, 0.5) is 0 Å². The summed E-state index contributed by atoms with van der Waals surface area (Å²) in [6, 6.07) is 0. The van der Waals surface area contributed by atoms with E-state index in [1.807, 2.05) is 0 Å². The van der Waals surface area contributed by atoms with Crippen molar-refractivity contribution in [1.29, 1.82) is 0 Å². The number of rotatable bonds is 4. The van der Waals surface area contributed by atoms with Crippen molar-refractivity contribution < 1.29 is 14.4 Å². The molecule has 0 fully saturated rings. The van der Waals surface area contributed by atoms with Gasteiger partial charge in [0.1, 0.15) is 5.54 Å². The third-order valence-electron chi connectivity index (χ3n) is 1.39. The highest BCUT2D eigenvalue weighted by molar-refractivity contribution is 5.79. The van der Waals surface area contributed by atoms with Gasteiger partial charge in [0.15, 0.2) is 0 Å². The molecule has 0 aliphatic heterocycles. The molecule has 5 nitrogen and oxygen atoms in total. The predicted octanol–water partition coefficient (Wildman–Crippen LogP) is -0.843. The van der Waals surface area contributed by atoms with Crippen LogP contribution in [0.2, 0.25) is 0 Å². The minimum absolute atomic E-state index is 0.238. The zero-order valence-electron chi connectivity index (χ0n) is 6.79. The number of hydrogen-bond acceptors (Lipinski definition) is 5. The average molecular weight is 162 g/mol. The fourth-order valence-corrected chi connectivity index (χ4v) is 0.606. The maximum absolute atomic E-state index is 10.9. The molecule has 0 bridgehead atoms. The third kappa shape index (κ3) is 3.31. The summed E-state index contributed by atoms with van der Waals surface area (Å²) >= 11 is 0. The zero-order valence-corrected chi connectivity index (χ0v) is 6.79. The molecule has 0 amide bonds. The number of carbonyl (C=O) groups excluding carboxylic acids is 1. The van der Waals surface area contributed by atoms with Gasteiger partial charge in [0.25, 0.3) is 0 Å². The molecule has 0 aromatic rings. The first kappa shape index (κ1) is 10.3. The Morgan fingerprint density at radius 2 is 2.18 bits per heavy atom. The summed E-state index contributed by atoms with van der Waals surface area (Å²) in [4.78, 5) is 15.2. The second-order valence-corrected chi connectivity index (χ2v) is 2.53. The van der Waals surface area contributed by atoms with Gasteiger partial charge in [-0.2, -0.15) is 0 Å². The topological polar surface area (TPSA) is 87.6 Å².